The summed E-state index contributed by atoms with van der Waals surface area (Å²) in [6.07, 6.45) is 3.11. The molecule has 4 aromatic rings. The van der Waals surface area contributed by atoms with Crippen LogP contribution in [0.25, 0.3) is 11.0 Å². The van der Waals surface area contributed by atoms with Gasteiger partial charge in [0, 0.05) is 10.7 Å². The van der Waals surface area contributed by atoms with Crippen LogP contribution in [0.3, 0.4) is 0 Å². The number of anilines is 1. The van der Waals surface area contributed by atoms with E-state index in [-0.39, 0.29) is 16.8 Å². The molecule has 0 spiro atoms. The van der Waals surface area contributed by atoms with Crippen LogP contribution in [0, 0.1) is 0 Å². The minimum Gasteiger partial charge on any atom is -0.497 e. The Bertz CT molecular complexity index is 1560. The zero-order valence-electron chi connectivity index (χ0n) is 22.2. The lowest BCUT2D eigenvalue weighted by atomic mass is 9.97. The molecule has 1 atom stereocenters. The zero-order chi connectivity index (χ0) is 27.5. The van der Waals surface area contributed by atoms with Crippen LogP contribution in [0.5, 0.6) is 17.2 Å². The molecule has 0 fully saturated rings. The molecule has 1 aromatic heterocycles. The van der Waals surface area contributed by atoms with Crippen molar-refractivity contribution in [1.82, 2.24) is 0 Å². The summed E-state index contributed by atoms with van der Waals surface area (Å²) in [5.74, 6) is 1.42. The van der Waals surface area contributed by atoms with E-state index in [9.17, 15) is 9.59 Å². The van der Waals surface area contributed by atoms with Crippen molar-refractivity contribution in [2.45, 2.75) is 39.2 Å². The summed E-state index contributed by atoms with van der Waals surface area (Å²) in [6.45, 7) is 5.05. The van der Waals surface area contributed by atoms with Crippen LogP contribution in [0.4, 0.5) is 5.69 Å². The second-order valence-corrected chi connectivity index (χ2v) is 9.72. The van der Waals surface area contributed by atoms with Gasteiger partial charge in [0.05, 0.1) is 37.3 Å². The van der Waals surface area contributed by atoms with Crippen LogP contribution in [0.2, 0.25) is 5.02 Å². The fraction of sp³-hybridized carbons (Fsp3) is 0.290. The Morgan fingerprint density at radius 3 is 2.44 bits per heavy atom. The highest BCUT2D eigenvalue weighted by atomic mass is 35.5. The van der Waals surface area contributed by atoms with Crippen molar-refractivity contribution in [2.75, 3.05) is 25.2 Å². The molecular formula is C31H30ClNO6. The van der Waals surface area contributed by atoms with Crippen molar-refractivity contribution in [3.05, 3.63) is 92.8 Å². The third-order valence-corrected chi connectivity index (χ3v) is 7.01. The first-order chi connectivity index (χ1) is 19.0. The number of amides is 1. The first kappa shape index (κ1) is 26.6. The molecule has 0 aliphatic carbocycles. The number of benzene rings is 3. The molecule has 0 saturated heterocycles. The lowest BCUT2D eigenvalue weighted by molar-refractivity contribution is 0.0971. The molecule has 2 heterocycles. The van der Waals surface area contributed by atoms with Gasteiger partial charge in [0.1, 0.15) is 11.3 Å². The molecule has 0 radical (unpaired) electrons. The van der Waals surface area contributed by atoms with Crippen LogP contribution in [0.1, 0.15) is 60.8 Å². The van der Waals surface area contributed by atoms with E-state index in [4.69, 9.17) is 30.2 Å². The maximum absolute atomic E-state index is 13.9. The Kier molecular flexibility index (Phi) is 7.79. The van der Waals surface area contributed by atoms with Gasteiger partial charge in [-0.1, -0.05) is 37.4 Å². The highest BCUT2D eigenvalue weighted by Gasteiger charge is 2.44. The Labute approximate surface area is 231 Å². The number of unbranched alkanes of at least 4 members (excludes halogenated alkanes) is 2. The topological polar surface area (TPSA) is 78.2 Å². The average molecular weight is 548 g/mol. The minimum absolute atomic E-state index is 0.00786. The molecule has 7 nitrogen and oxygen atoms in total. The van der Waals surface area contributed by atoms with Crippen LogP contribution in [0.15, 0.2) is 69.9 Å². The van der Waals surface area contributed by atoms with E-state index in [2.05, 4.69) is 6.92 Å². The van der Waals surface area contributed by atoms with Crippen molar-refractivity contribution < 1.29 is 23.4 Å². The summed E-state index contributed by atoms with van der Waals surface area (Å²) in [5.41, 5.74) is 1.54. The predicted octanol–water partition coefficient (Wildman–Crippen LogP) is 7.17. The number of ether oxygens (including phenoxy) is 3. The van der Waals surface area contributed by atoms with E-state index in [0.717, 1.165) is 19.3 Å². The van der Waals surface area contributed by atoms with Gasteiger partial charge in [-0.3, -0.25) is 14.5 Å². The van der Waals surface area contributed by atoms with E-state index >= 15 is 0 Å². The summed E-state index contributed by atoms with van der Waals surface area (Å²) < 4.78 is 23.3. The molecule has 3 aromatic carbocycles. The zero-order valence-corrected chi connectivity index (χ0v) is 22.9. The number of carbonyl (C=O) groups excluding carboxylic acids is 1. The molecule has 0 N–H and O–H groups in total. The number of halogens is 1. The molecule has 8 heteroatoms. The molecule has 5 rings (SSSR count). The van der Waals surface area contributed by atoms with Crippen molar-refractivity contribution in [3.63, 3.8) is 0 Å². The number of carbonyl (C=O) groups is 1. The lowest BCUT2D eigenvalue weighted by Crippen LogP contribution is -2.29. The van der Waals surface area contributed by atoms with Gasteiger partial charge in [0.15, 0.2) is 16.9 Å². The largest absolute Gasteiger partial charge is 0.497 e. The van der Waals surface area contributed by atoms with Crippen LogP contribution in [-0.2, 0) is 0 Å². The van der Waals surface area contributed by atoms with E-state index in [0.29, 0.717) is 57.7 Å². The lowest BCUT2D eigenvalue weighted by Gasteiger charge is -2.26. The third-order valence-electron chi connectivity index (χ3n) is 6.77. The molecule has 202 valence electrons. The smallest absolute Gasteiger partial charge is 0.295 e. The highest BCUT2D eigenvalue weighted by molar-refractivity contribution is 6.31. The van der Waals surface area contributed by atoms with Crippen LogP contribution in [-0.4, -0.2) is 26.2 Å². The normalized spacial score (nSPS) is 14.5. The Morgan fingerprint density at radius 2 is 1.72 bits per heavy atom. The fourth-order valence-corrected chi connectivity index (χ4v) is 5.06. The quantitative estimate of drug-likeness (QED) is 0.196. The van der Waals surface area contributed by atoms with Crippen molar-refractivity contribution in [3.8, 4) is 17.2 Å². The molecule has 0 saturated carbocycles. The summed E-state index contributed by atoms with van der Waals surface area (Å²) >= 11 is 6.21. The van der Waals surface area contributed by atoms with E-state index in [1.807, 2.05) is 25.1 Å². The number of hydrogen-bond donors (Lipinski definition) is 0. The Balaban J connectivity index is 1.67. The van der Waals surface area contributed by atoms with Crippen LogP contribution >= 0.6 is 11.6 Å². The average Bonchev–Trinajstić information content (AvgIpc) is 3.24. The number of hydrogen-bond acceptors (Lipinski definition) is 6. The minimum atomic E-state index is -0.756. The summed E-state index contributed by atoms with van der Waals surface area (Å²) in [7, 11) is 1.58. The standard InChI is InChI=1S/C31H30ClNO6/c1-4-6-7-16-38-25-14-8-19(17-26(25)37-5-2)28-27-29(34)23-18-20(32)9-15-24(23)39-30(27)31(35)33(28)21-10-12-22(36-3)13-11-21/h8-15,17-18,28H,4-7,16H2,1-3H3. The van der Waals surface area contributed by atoms with E-state index < -0.39 is 11.9 Å². The van der Waals surface area contributed by atoms with Gasteiger partial charge in [-0.15, -0.1) is 0 Å². The van der Waals surface area contributed by atoms with Crippen molar-refractivity contribution in [1.29, 1.82) is 0 Å². The Morgan fingerprint density at radius 1 is 0.923 bits per heavy atom. The summed E-state index contributed by atoms with van der Waals surface area (Å²) in [6, 6.07) is 16.7. The van der Waals surface area contributed by atoms with E-state index in [1.165, 1.54) is 0 Å². The van der Waals surface area contributed by atoms with Gasteiger partial charge in [-0.05, 0) is 73.5 Å². The fourth-order valence-electron chi connectivity index (χ4n) is 4.89. The molecule has 0 bridgehead atoms. The maximum Gasteiger partial charge on any atom is 0.295 e. The van der Waals surface area contributed by atoms with Crippen molar-refractivity contribution >= 4 is 34.2 Å². The first-order valence-corrected chi connectivity index (χ1v) is 13.5. The van der Waals surface area contributed by atoms with Gasteiger partial charge in [-0.25, -0.2) is 0 Å². The van der Waals surface area contributed by atoms with Gasteiger partial charge < -0.3 is 18.6 Å². The number of nitrogens with zero attached hydrogens (tertiary/aromatic N) is 1. The first-order valence-electron chi connectivity index (χ1n) is 13.1. The highest BCUT2D eigenvalue weighted by Crippen LogP contribution is 2.43. The Hall–Kier alpha value is -3.97. The molecular weight excluding hydrogens is 518 g/mol. The summed E-state index contributed by atoms with van der Waals surface area (Å²) in [5, 5.41) is 0.724. The van der Waals surface area contributed by atoms with Gasteiger partial charge >= 0.3 is 0 Å². The molecule has 1 unspecified atom stereocenters. The number of fused-ring (bicyclic) bond motifs is 2. The second-order valence-electron chi connectivity index (χ2n) is 9.28. The maximum atomic E-state index is 13.9. The monoisotopic (exact) mass is 547 g/mol. The van der Waals surface area contributed by atoms with Crippen molar-refractivity contribution in [2.24, 2.45) is 0 Å². The molecule has 1 aliphatic rings. The molecule has 1 amide bonds. The third kappa shape index (κ3) is 5.06. The molecule has 39 heavy (non-hydrogen) atoms. The van der Waals surface area contributed by atoms with Gasteiger partial charge in [-0.2, -0.15) is 0 Å². The SMILES string of the molecule is CCCCCOc1ccc(C2c3c(oc4ccc(Cl)cc4c3=O)C(=O)N2c2ccc(OC)cc2)cc1OCC. The predicted molar refractivity (Wildman–Crippen MR) is 152 cm³/mol. The second kappa shape index (κ2) is 11.4. The number of rotatable bonds is 10. The molecule has 1 aliphatic heterocycles. The number of methoxy groups -OCH3 is 1. The van der Waals surface area contributed by atoms with Crippen LogP contribution < -0.4 is 24.5 Å². The van der Waals surface area contributed by atoms with Gasteiger partial charge in [0.2, 0.25) is 5.76 Å². The summed E-state index contributed by atoms with van der Waals surface area (Å²) in [4.78, 5) is 29.3. The van der Waals surface area contributed by atoms with Gasteiger partial charge in [0.25, 0.3) is 5.91 Å². The van der Waals surface area contributed by atoms with E-state index in [1.54, 1.807) is 54.5 Å².